The molecular weight excluding hydrogens is 354 g/mol. The van der Waals surface area contributed by atoms with Crippen molar-refractivity contribution in [3.8, 4) is 11.5 Å². The van der Waals surface area contributed by atoms with E-state index in [1.54, 1.807) is 24.3 Å². The number of fused-ring (bicyclic) bond motifs is 2. The molecule has 0 bridgehead atoms. The topological polar surface area (TPSA) is 89.6 Å². The largest absolute Gasteiger partial charge is 0.507 e. The van der Waals surface area contributed by atoms with E-state index < -0.39 is 5.78 Å². The number of carbonyl (C=O) groups excluding carboxylic acids is 2. The number of ether oxygens (including phenoxy) is 1. The number of hydrogen-bond donors (Lipinski definition) is 2. The van der Waals surface area contributed by atoms with Gasteiger partial charge in [0.05, 0.1) is 23.4 Å². The molecule has 0 heterocycles. The Morgan fingerprint density at radius 3 is 2.23 bits per heavy atom. The van der Waals surface area contributed by atoms with Gasteiger partial charge in [-0.25, -0.2) is 0 Å². The molecule has 26 heavy (non-hydrogen) atoms. The third-order valence-corrected chi connectivity index (χ3v) is 4.73. The summed E-state index contributed by atoms with van der Waals surface area (Å²) in [6.07, 6.45) is 3.75. The maximum Gasteiger partial charge on any atom is 0.198 e. The lowest BCUT2D eigenvalue weighted by atomic mass is 9.82. The van der Waals surface area contributed by atoms with Crippen molar-refractivity contribution in [1.29, 1.82) is 0 Å². The van der Waals surface area contributed by atoms with Crippen LogP contribution in [-0.2, 0) is 0 Å². The average Bonchev–Trinajstić information content (AvgIpc) is 2.65. The van der Waals surface area contributed by atoms with Crippen molar-refractivity contribution in [2.75, 3.05) is 18.2 Å². The van der Waals surface area contributed by atoms with E-state index in [2.05, 4.69) is 0 Å². The zero-order valence-corrected chi connectivity index (χ0v) is 15.0. The van der Waals surface area contributed by atoms with E-state index in [9.17, 15) is 14.7 Å². The van der Waals surface area contributed by atoms with Crippen LogP contribution in [-0.4, -0.2) is 29.2 Å². The first-order chi connectivity index (χ1) is 12.6. The lowest BCUT2D eigenvalue weighted by Gasteiger charge is -2.21. The van der Waals surface area contributed by atoms with Gasteiger partial charge in [0, 0.05) is 23.1 Å². The molecule has 1 aliphatic carbocycles. The zero-order chi connectivity index (χ0) is 18.7. The number of nitrogen functional groups attached to an aromatic ring is 1. The highest BCUT2D eigenvalue weighted by Crippen LogP contribution is 2.41. The average molecular weight is 374 g/mol. The predicted octanol–water partition coefficient (Wildman–Crippen LogP) is 3.93. The second-order valence-corrected chi connectivity index (χ2v) is 6.59. The van der Waals surface area contributed by atoms with Crippen LogP contribution >= 0.6 is 11.6 Å². The van der Waals surface area contributed by atoms with Crippen LogP contribution in [0.2, 0.25) is 0 Å². The molecule has 3 N–H and O–H groups in total. The van der Waals surface area contributed by atoms with Crippen molar-refractivity contribution < 1.29 is 19.4 Å². The van der Waals surface area contributed by atoms with E-state index >= 15 is 0 Å². The number of ketones is 2. The fraction of sp³-hybridized carbons (Fsp3) is 0.300. The van der Waals surface area contributed by atoms with Crippen LogP contribution < -0.4 is 10.5 Å². The number of rotatable bonds is 7. The molecule has 1 aliphatic rings. The minimum atomic E-state index is -0.410. The number of unbranched alkanes of at least 4 members (excludes halogenated alkanes) is 3. The molecule has 0 fully saturated rings. The number of halogens is 1. The van der Waals surface area contributed by atoms with Gasteiger partial charge in [0.1, 0.15) is 11.5 Å². The number of benzene rings is 2. The molecule has 0 amide bonds. The summed E-state index contributed by atoms with van der Waals surface area (Å²) in [5.74, 6) is -0.217. The van der Waals surface area contributed by atoms with E-state index in [1.165, 1.54) is 6.07 Å². The third kappa shape index (κ3) is 3.27. The summed E-state index contributed by atoms with van der Waals surface area (Å²) in [5.41, 5.74) is 6.73. The Kier molecular flexibility index (Phi) is 5.47. The van der Waals surface area contributed by atoms with Gasteiger partial charge in [-0.15, -0.1) is 11.6 Å². The second-order valence-electron chi connectivity index (χ2n) is 6.21. The Labute approximate surface area is 156 Å². The van der Waals surface area contributed by atoms with Gasteiger partial charge in [-0.3, -0.25) is 9.59 Å². The maximum atomic E-state index is 12.8. The molecule has 0 saturated heterocycles. The highest BCUT2D eigenvalue weighted by molar-refractivity contribution is 6.31. The van der Waals surface area contributed by atoms with Crippen molar-refractivity contribution in [3.63, 3.8) is 0 Å². The second kappa shape index (κ2) is 7.79. The van der Waals surface area contributed by atoms with Gasteiger partial charge in [-0.1, -0.05) is 37.1 Å². The van der Waals surface area contributed by atoms with E-state index in [-0.39, 0.29) is 45.2 Å². The molecule has 6 heteroatoms. The molecule has 0 aliphatic heterocycles. The summed E-state index contributed by atoms with van der Waals surface area (Å²) in [4.78, 5) is 25.5. The van der Waals surface area contributed by atoms with E-state index in [0.717, 1.165) is 25.7 Å². The molecule has 0 spiro atoms. The van der Waals surface area contributed by atoms with Gasteiger partial charge in [-0.05, 0) is 12.8 Å². The van der Waals surface area contributed by atoms with Gasteiger partial charge < -0.3 is 15.6 Å². The summed E-state index contributed by atoms with van der Waals surface area (Å²) in [6, 6.07) is 7.83. The van der Waals surface area contributed by atoms with Crippen LogP contribution in [0.4, 0.5) is 5.69 Å². The molecule has 3 rings (SSSR count). The summed E-state index contributed by atoms with van der Waals surface area (Å²) in [5, 5.41) is 10.3. The smallest absolute Gasteiger partial charge is 0.198 e. The minimum absolute atomic E-state index is 0.0193. The molecule has 0 radical (unpaired) electrons. The molecule has 0 saturated carbocycles. The Balaban J connectivity index is 1.87. The van der Waals surface area contributed by atoms with Gasteiger partial charge in [0.15, 0.2) is 11.6 Å². The summed E-state index contributed by atoms with van der Waals surface area (Å²) < 4.78 is 5.65. The highest BCUT2D eigenvalue weighted by atomic mass is 35.5. The van der Waals surface area contributed by atoms with Crippen LogP contribution in [0.5, 0.6) is 11.5 Å². The Bertz CT molecular complexity index is 863. The molecule has 2 aromatic rings. The van der Waals surface area contributed by atoms with Gasteiger partial charge >= 0.3 is 0 Å². The fourth-order valence-corrected chi connectivity index (χ4v) is 3.31. The van der Waals surface area contributed by atoms with E-state index in [0.29, 0.717) is 12.5 Å². The van der Waals surface area contributed by atoms with Crippen LogP contribution in [0.1, 0.15) is 57.5 Å². The summed E-state index contributed by atoms with van der Waals surface area (Å²) >= 11 is 5.64. The monoisotopic (exact) mass is 373 g/mol. The number of anilines is 1. The molecule has 136 valence electrons. The van der Waals surface area contributed by atoms with Crippen molar-refractivity contribution in [3.05, 3.63) is 52.6 Å². The molecule has 0 atom stereocenters. The van der Waals surface area contributed by atoms with Crippen molar-refractivity contribution in [2.24, 2.45) is 0 Å². The quantitative estimate of drug-likeness (QED) is 0.283. The van der Waals surface area contributed by atoms with Gasteiger partial charge in [0.2, 0.25) is 0 Å². The fourth-order valence-electron chi connectivity index (χ4n) is 3.13. The lowest BCUT2D eigenvalue weighted by Crippen LogP contribution is -2.23. The van der Waals surface area contributed by atoms with E-state index in [4.69, 9.17) is 22.1 Å². The van der Waals surface area contributed by atoms with Crippen molar-refractivity contribution >= 4 is 28.9 Å². The number of hydrogen-bond acceptors (Lipinski definition) is 5. The molecule has 0 unspecified atom stereocenters. The minimum Gasteiger partial charge on any atom is -0.507 e. The third-order valence-electron chi connectivity index (χ3n) is 4.46. The van der Waals surface area contributed by atoms with Crippen molar-refractivity contribution in [2.45, 2.75) is 25.7 Å². The van der Waals surface area contributed by atoms with E-state index in [1.807, 2.05) is 0 Å². The molecule has 2 aromatic carbocycles. The number of carbonyl (C=O) groups is 2. The first kappa shape index (κ1) is 18.3. The van der Waals surface area contributed by atoms with Crippen LogP contribution in [0.15, 0.2) is 30.3 Å². The number of phenols is 1. The Hall–Kier alpha value is -2.53. The SMILES string of the molecule is Nc1c(OCCCCCCCl)cc(O)c2c1C(=O)c1ccccc1C2=O. The predicted molar refractivity (Wildman–Crippen MR) is 101 cm³/mol. The van der Waals surface area contributed by atoms with Crippen molar-refractivity contribution in [1.82, 2.24) is 0 Å². The number of nitrogens with two attached hydrogens (primary N) is 1. The Morgan fingerprint density at radius 1 is 0.962 bits per heavy atom. The number of alkyl halides is 1. The van der Waals surface area contributed by atoms with Crippen LogP contribution in [0.25, 0.3) is 0 Å². The first-order valence-corrected chi connectivity index (χ1v) is 9.12. The molecule has 0 aromatic heterocycles. The molecular formula is C20H20ClNO4. The molecule has 5 nitrogen and oxygen atoms in total. The summed E-state index contributed by atoms with van der Waals surface area (Å²) in [6.45, 7) is 0.406. The van der Waals surface area contributed by atoms with Crippen LogP contribution in [0, 0.1) is 0 Å². The normalized spacial score (nSPS) is 12.7. The summed E-state index contributed by atoms with van der Waals surface area (Å²) in [7, 11) is 0. The van der Waals surface area contributed by atoms with Gasteiger partial charge in [0.25, 0.3) is 0 Å². The van der Waals surface area contributed by atoms with Crippen LogP contribution in [0.3, 0.4) is 0 Å². The maximum absolute atomic E-state index is 12.8. The zero-order valence-electron chi connectivity index (χ0n) is 14.3. The number of phenolic OH excluding ortho intramolecular Hbond substituents is 1. The number of aromatic hydroxyl groups is 1. The highest BCUT2D eigenvalue weighted by Gasteiger charge is 2.35. The first-order valence-electron chi connectivity index (χ1n) is 8.59. The standard InChI is InChI=1S/C20H20ClNO4/c21-9-5-1-2-6-10-26-15-11-14(23)16-17(18(15)22)20(25)13-8-4-3-7-12(13)19(16)24/h3-4,7-8,11,23H,1-2,5-6,9-10,22H2. The van der Waals surface area contributed by atoms with Gasteiger partial charge in [-0.2, -0.15) is 0 Å². The lowest BCUT2D eigenvalue weighted by molar-refractivity contribution is 0.0977. The Morgan fingerprint density at radius 2 is 1.58 bits per heavy atom.